The number of anilines is 4. The molecule has 0 unspecified atom stereocenters. The van der Waals surface area contributed by atoms with Gasteiger partial charge in [0.2, 0.25) is 0 Å². The van der Waals surface area contributed by atoms with Crippen LogP contribution in [-0.4, -0.2) is 44.9 Å². The summed E-state index contributed by atoms with van der Waals surface area (Å²) in [5.74, 6) is 0.589. The van der Waals surface area contributed by atoms with E-state index >= 15 is 0 Å². The third-order valence-corrected chi connectivity index (χ3v) is 7.18. The minimum atomic E-state index is -3.87. The molecule has 2 heterocycles. The van der Waals surface area contributed by atoms with Gasteiger partial charge in [-0.1, -0.05) is 23.2 Å². The quantitative estimate of drug-likeness (QED) is 0.522. The molecule has 1 aliphatic heterocycles. The molecule has 2 N–H and O–H groups in total. The monoisotopic (exact) mass is 493 g/mol. The summed E-state index contributed by atoms with van der Waals surface area (Å²) in [5, 5.41) is 11.8. The van der Waals surface area contributed by atoms with Crippen molar-refractivity contribution in [1.29, 1.82) is 0 Å². The third-order valence-electron chi connectivity index (χ3n) is 4.93. The number of aromatic nitrogens is 2. The first-order valence-electron chi connectivity index (χ1n) is 9.83. The Morgan fingerprint density at radius 2 is 1.69 bits per heavy atom. The Labute approximate surface area is 196 Å². The largest absolute Gasteiger partial charge is 0.378 e. The molecule has 0 spiro atoms. The molecule has 1 saturated heterocycles. The molecule has 1 fully saturated rings. The summed E-state index contributed by atoms with van der Waals surface area (Å²) in [6.45, 7) is 4.69. The van der Waals surface area contributed by atoms with E-state index in [1.807, 2.05) is 6.07 Å². The average Bonchev–Trinajstić information content (AvgIpc) is 2.78. The summed E-state index contributed by atoms with van der Waals surface area (Å²) in [6.07, 6.45) is 1.72. The highest BCUT2D eigenvalue weighted by Gasteiger charge is 2.20. The summed E-state index contributed by atoms with van der Waals surface area (Å²) in [7, 11) is -3.87. The maximum absolute atomic E-state index is 12.8. The highest BCUT2D eigenvalue weighted by molar-refractivity contribution is 7.92. The van der Waals surface area contributed by atoms with Crippen LogP contribution in [0, 0.1) is 6.92 Å². The molecule has 0 bridgehead atoms. The summed E-state index contributed by atoms with van der Waals surface area (Å²) in [6, 6.07) is 11.6. The minimum absolute atomic E-state index is 0.0292. The Morgan fingerprint density at radius 3 is 2.41 bits per heavy atom. The van der Waals surface area contributed by atoms with Gasteiger partial charge in [-0.05, 0) is 48.9 Å². The fraction of sp³-hybridized carbons (Fsp3) is 0.238. The zero-order valence-corrected chi connectivity index (χ0v) is 19.5. The Bertz CT molecular complexity index is 1220. The van der Waals surface area contributed by atoms with Gasteiger partial charge in [-0.15, -0.1) is 5.10 Å². The zero-order chi connectivity index (χ0) is 22.7. The number of hydrogen-bond acceptors (Lipinski definition) is 7. The van der Waals surface area contributed by atoms with E-state index in [4.69, 9.17) is 27.9 Å². The molecule has 2 aromatic carbocycles. The molecule has 3 aromatic rings. The fourth-order valence-electron chi connectivity index (χ4n) is 3.23. The second-order valence-corrected chi connectivity index (χ2v) is 9.70. The minimum Gasteiger partial charge on any atom is -0.378 e. The van der Waals surface area contributed by atoms with Crippen LogP contribution in [0.1, 0.15) is 5.56 Å². The van der Waals surface area contributed by atoms with Gasteiger partial charge in [0.1, 0.15) is 4.90 Å². The zero-order valence-electron chi connectivity index (χ0n) is 17.2. The van der Waals surface area contributed by atoms with Gasteiger partial charge >= 0.3 is 0 Å². The Morgan fingerprint density at radius 1 is 1.00 bits per heavy atom. The molecule has 0 amide bonds. The fourth-order valence-corrected chi connectivity index (χ4v) is 5.12. The second kappa shape index (κ2) is 9.50. The normalized spacial score (nSPS) is 14.3. The molecule has 11 heteroatoms. The molecule has 8 nitrogen and oxygen atoms in total. The van der Waals surface area contributed by atoms with Crippen molar-refractivity contribution in [2.75, 3.05) is 41.2 Å². The van der Waals surface area contributed by atoms with Crippen molar-refractivity contribution in [2.24, 2.45) is 0 Å². The van der Waals surface area contributed by atoms with Crippen LogP contribution in [-0.2, 0) is 14.8 Å². The van der Waals surface area contributed by atoms with E-state index < -0.39 is 10.0 Å². The number of aryl methyl sites for hydroxylation is 1. The number of nitrogens with zero attached hydrogens (tertiary/aromatic N) is 3. The lowest BCUT2D eigenvalue weighted by Gasteiger charge is -2.28. The molecule has 1 aliphatic rings. The number of nitrogens with one attached hydrogen (secondary N) is 2. The molecule has 32 heavy (non-hydrogen) atoms. The summed E-state index contributed by atoms with van der Waals surface area (Å²) in [5.41, 5.74) is 2.72. The molecule has 0 saturated carbocycles. The van der Waals surface area contributed by atoms with Crippen LogP contribution in [0.4, 0.5) is 22.9 Å². The van der Waals surface area contributed by atoms with E-state index in [9.17, 15) is 8.42 Å². The van der Waals surface area contributed by atoms with Crippen molar-refractivity contribution in [3.63, 3.8) is 0 Å². The molecular weight excluding hydrogens is 473 g/mol. The Hall–Kier alpha value is -2.59. The SMILES string of the molecule is Cc1cc(S(=O)(=O)Nc2ccc(Nc3cc(N4CCOCC4)cnn3)cc2)c(Cl)cc1Cl. The van der Waals surface area contributed by atoms with Crippen LogP contribution in [0.3, 0.4) is 0 Å². The topological polar surface area (TPSA) is 96.5 Å². The van der Waals surface area contributed by atoms with Crippen molar-refractivity contribution in [3.05, 3.63) is 64.3 Å². The van der Waals surface area contributed by atoms with Crippen LogP contribution in [0.5, 0.6) is 0 Å². The molecular formula is C21H21Cl2N5O3S. The van der Waals surface area contributed by atoms with Gasteiger partial charge in [-0.3, -0.25) is 4.72 Å². The van der Waals surface area contributed by atoms with Crippen LogP contribution < -0.4 is 14.9 Å². The van der Waals surface area contributed by atoms with E-state index in [1.165, 1.54) is 12.1 Å². The third kappa shape index (κ3) is 5.24. The van der Waals surface area contributed by atoms with Crippen molar-refractivity contribution in [3.8, 4) is 0 Å². The number of ether oxygens (including phenoxy) is 1. The predicted octanol–water partition coefficient (Wildman–Crippen LogP) is 4.47. The van der Waals surface area contributed by atoms with Gasteiger partial charge in [0.15, 0.2) is 5.82 Å². The van der Waals surface area contributed by atoms with Crippen molar-refractivity contribution in [2.45, 2.75) is 11.8 Å². The highest BCUT2D eigenvalue weighted by atomic mass is 35.5. The van der Waals surface area contributed by atoms with Crippen molar-refractivity contribution in [1.82, 2.24) is 10.2 Å². The maximum Gasteiger partial charge on any atom is 0.263 e. The van der Waals surface area contributed by atoms with E-state index in [1.54, 1.807) is 37.4 Å². The van der Waals surface area contributed by atoms with Crippen LogP contribution in [0.15, 0.2) is 53.6 Å². The molecule has 0 radical (unpaired) electrons. The smallest absolute Gasteiger partial charge is 0.263 e. The lowest BCUT2D eigenvalue weighted by molar-refractivity contribution is 0.122. The van der Waals surface area contributed by atoms with Gasteiger partial charge in [0, 0.05) is 35.6 Å². The number of sulfonamides is 1. The van der Waals surface area contributed by atoms with Gasteiger partial charge in [-0.2, -0.15) is 5.10 Å². The summed E-state index contributed by atoms with van der Waals surface area (Å²) < 4.78 is 33.4. The van der Waals surface area contributed by atoms with E-state index in [0.29, 0.717) is 35.3 Å². The molecule has 4 rings (SSSR count). The number of morpholine rings is 1. The van der Waals surface area contributed by atoms with Gasteiger partial charge < -0.3 is 15.0 Å². The maximum atomic E-state index is 12.8. The Balaban J connectivity index is 1.46. The summed E-state index contributed by atoms with van der Waals surface area (Å²) >= 11 is 12.1. The number of hydrogen-bond donors (Lipinski definition) is 2. The lowest BCUT2D eigenvalue weighted by Crippen LogP contribution is -2.36. The van der Waals surface area contributed by atoms with Gasteiger partial charge in [0.25, 0.3) is 10.0 Å². The van der Waals surface area contributed by atoms with Crippen LogP contribution in [0.2, 0.25) is 10.0 Å². The van der Waals surface area contributed by atoms with Crippen LogP contribution >= 0.6 is 23.2 Å². The molecule has 1 aromatic heterocycles. The molecule has 168 valence electrons. The first kappa shape index (κ1) is 22.6. The molecule has 0 aliphatic carbocycles. The van der Waals surface area contributed by atoms with Crippen molar-refractivity contribution >= 4 is 56.1 Å². The second-order valence-electron chi connectivity index (χ2n) is 7.24. The first-order valence-corrected chi connectivity index (χ1v) is 12.1. The Kier molecular flexibility index (Phi) is 6.71. The van der Waals surface area contributed by atoms with Crippen LogP contribution in [0.25, 0.3) is 0 Å². The van der Waals surface area contributed by atoms with Crippen molar-refractivity contribution < 1.29 is 13.2 Å². The van der Waals surface area contributed by atoms with E-state index in [2.05, 4.69) is 25.1 Å². The van der Waals surface area contributed by atoms with Gasteiger partial charge in [0.05, 0.1) is 30.1 Å². The standard InChI is InChI=1S/C21H21Cl2N5O3S/c1-14-10-20(19(23)12-18(14)22)32(29,30)27-16-4-2-15(3-5-16)25-21-11-17(13-24-26-21)28-6-8-31-9-7-28/h2-5,10-13,27H,6-9H2,1H3,(H,25,26). The number of halogens is 2. The van der Waals surface area contributed by atoms with Gasteiger partial charge in [-0.25, -0.2) is 8.42 Å². The molecule has 0 atom stereocenters. The van der Waals surface area contributed by atoms with E-state index in [-0.39, 0.29) is 9.92 Å². The number of rotatable bonds is 6. The average molecular weight is 494 g/mol. The van der Waals surface area contributed by atoms with E-state index in [0.717, 1.165) is 24.5 Å². The predicted molar refractivity (Wildman–Crippen MR) is 127 cm³/mol. The highest BCUT2D eigenvalue weighted by Crippen LogP contribution is 2.30. The first-order chi connectivity index (χ1) is 15.3. The summed E-state index contributed by atoms with van der Waals surface area (Å²) in [4.78, 5) is 2.16. The number of benzene rings is 2. The lowest BCUT2D eigenvalue weighted by atomic mass is 10.2.